The fourth-order valence-electron chi connectivity index (χ4n) is 0.569. The Morgan fingerprint density at radius 3 is 1.59 bits per heavy atom. The van der Waals surface area contributed by atoms with E-state index in [0.717, 1.165) is 0 Å². The fourth-order valence-corrected chi connectivity index (χ4v) is 0.917. The Morgan fingerprint density at radius 2 is 1.29 bits per heavy atom. The topological polar surface area (TPSA) is 38.7 Å². The van der Waals surface area contributed by atoms with Crippen molar-refractivity contribution in [2.75, 3.05) is 0 Å². The Kier molecular flexibility index (Phi) is 4.65. The highest BCUT2D eigenvalue weighted by Crippen LogP contribution is 2.56. The molecule has 0 saturated heterocycles. The zero-order chi connectivity index (χ0) is 14.1. The maximum Gasteiger partial charge on any atom is 0.390 e. The van der Waals surface area contributed by atoms with Gasteiger partial charge in [0, 0.05) is 6.92 Å². The third-order valence-corrected chi connectivity index (χ3v) is 2.07. The van der Waals surface area contributed by atoms with Gasteiger partial charge in [-0.3, -0.25) is 0 Å². The minimum Gasteiger partial charge on any atom is -0.220 e. The summed E-state index contributed by atoms with van der Waals surface area (Å²) in [6.07, 6.45) is 0. The van der Waals surface area contributed by atoms with E-state index in [0.29, 0.717) is 0 Å². The zero-order valence-corrected chi connectivity index (χ0v) is 8.51. The Morgan fingerprint density at radius 1 is 0.882 bits per heavy atom. The van der Waals surface area contributed by atoms with Crippen LogP contribution in [-0.2, 0) is 9.37 Å². The normalized spacial score (nSPS) is 15.2. The molecule has 0 aliphatic carbocycles. The van der Waals surface area contributed by atoms with Gasteiger partial charge in [-0.15, -0.1) is 4.33 Å². The van der Waals surface area contributed by atoms with Gasteiger partial charge in [0.2, 0.25) is 0 Å². The lowest BCUT2D eigenvalue weighted by Gasteiger charge is -2.33. The summed E-state index contributed by atoms with van der Waals surface area (Å²) in [5.41, 5.74) is 0. The minimum absolute atomic E-state index is 0.648. The van der Waals surface area contributed by atoms with Crippen molar-refractivity contribution in [1.29, 1.82) is 0 Å². The molecule has 17 heavy (non-hydrogen) atoms. The fraction of sp³-hybridized carbons (Fsp3) is 1.00. The quantitative estimate of drug-likeness (QED) is 0.352. The summed E-state index contributed by atoms with van der Waals surface area (Å²) >= 11 is -1.74. The molecule has 0 aromatic heterocycles. The van der Waals surface area contributed by atoms with E-state index >= 15 is 0 Å². The molecule has 1 N–H and O–H groups in total. The number of halogens is 8. The van der Waals surface area contributed by atoms with Crippen molar-refractivity contribution in [3.8, 4) is 0 Å². The molecule has 12 heteroatoms. The summed E-state index contributed by atoms with van der Waals surface area (Å²) in [6, 6.07) is 0. The van der Waals surface area contributed by atoms with E-state index in [1.54, 1.807) is 0 Å². The number of rotatable bonds is 6. The molecule has 0 heterocycles. The van der Waals surface area contributed by atoms with E-state index in [1.165, 1.54) is 0 Å². The Balaban J connectivity index is 5.24. The van der Waals surface area contributed by atoms with Crippen LogP contribution in [0, 0.1) is 0 Å². The van der Waals surface area contributed by atoms with E-state index in [9.17, 15) is 35.1 Å². The van der Waals surface area contributed by atoms with Crippen LogP contribution in [-0.4, -0.2) is 28.3 Å². The van der Waals surface area contributed by atoms with Crippen molar-refractivity contribution < 1.29 is 49.8 Å². The molecule has 0 saturated carbocycles. The van der Waals surface area contributed by atoms with Crippen LogP contribution in [0.2, 0.25) is 0 Å². The highest BCUT2D eigenvalue weighted by atomic mass is 32.2. The average molecular weight is 296 g/mol. The summed E-state index contributed by atoms with van der Waals surface area (Å²) in [5, 5.41) is 4.12. The Bertz CT molecular complexity index is 264. The van der Waals surface area contributed by atoms with Crippen molar-refractivity contribution in [3.05, 3.63) is 0 Å². The second kappa shape index (κ2) is 4.74. The van der Waals surface area contributed by atoms with Gasteiger partial charge in [-0.05, 0) is 0 Å². The van der Waals surface area contributed by atoms with Crippen LogP contribution in [0.3, 0.4) is 0 Å². The zero-order valence-electron chi connectivity index (χ0n) is 7.70. The maximum absolute atomic E-state index is 12.6. The molecule has 0 aliphatic rings. The van der Waals surface area contributed by atoms with Crippen LogP contribution in [0.4, 0.5) is 35.1 Å². The van der Waals surface area contributed by atoms with Crippen molar-refractivity contribution in [3.63, 3.8) is 0 Å². The Labute approximate surface area is 92.7 Å². The average Bonchev–Trinajstić information content (AvgIpc) is 2.12. The molecule has 0 fully saturated rings. The van der Waals surface area contributed by atoms with Crippen LogP contribution < -0.4 is 0 Å². The standard InChI is InChI=1S/C5H4F8O3S/c1-2(6,7)3(8,9)4(10,11)5(12,13)17-16-15-14/h14H,1H3. The summed E-state index contributed by atoms with van der Waals surface area (Å²) < 4.78 is 102. The lowest BCUT2D eigenvalue weighted by Crippen LogP contribution is -2.60. The van der Waals surface area contributed by atoms with Gasteiger partial charge >= 0.3 is 23.0 Å². The predicted molar refractivity (Wildman–Crippen MR) is 37.9 cm³/mol. The van der Waals surface area contributed by atoms with Crippen LogP contribution in [0.25, 0.3) is 0 Å². The van der Waals surface area contributed by atoms with E-state index in [-0.39, 0.29) is 0 Å². The first-order valence-corrected chi connectivity index (χ1v) is 4.22. The lowest BCUT2D eigenvalue weighted by atomic mass is 10.1. The molecule has 0 bridgehead atoms. The molecule has 0 radical (unpaired) electrons. The van der Waals surface area contributed by atoms with Gasteiger partial charge in [-0.1, -0.05) is 5.04 Å². The van der Waals surface area contributed by atoms with Gasteiger partial charge in [-0.25, -0.2) is 5.26 Å². The summed E-state index contributed by atoms with van der Waals surface area (Å²) in [5.74, 6) is -18.2. The number of hydrogen-bond donors (Lipinski definition) is 1. The largest absolute Gasteiger partial charge is 0.390 e. The first kappa shape index (κ1) is 16.7. The minimum atomic E-state index is -6.44. The van der Waals surface area contributed by atoms with Gasteiger partial charge in [0.1, 0.15) is 12.0 Å². The summed E-state index contributed by atoms with van der Waals surface area (Å²) in [4.78, 5) is 0. The van der Waals surface area contributed by atoms with Crippen LogP contribution in [0.1, 0.15) is 6.92 Å². The molecule has 0 rings (SSSR count). The van der Waals surface area contributed by atoms with Crippen LogP contribution in [0.15, 0.2) is 0 Å². The van der Waals surface area contributed by atoms with Gasteiger partial charge < -0.3 is 0 Å². The summed E-state index contributed by atoms with van der Waals surface area (Å²) in [7, 11) is 0. The Hall–Kier alpha value is -0.330. The molecule has 0 unspecified atom stereocenters. The van der Waals surface area contributed by atoms with Crippen molar-refractivity contribution in [2.45, 2.75) is 29.9 Å². The first-order chi connectivity index (χ1) is 7.31. The molecule has 104 valence electrons. The third kappa shape index (κ3) is 2.92. The molecule has 0 spiro atoms. The molecule has 0 atom stereocenters. The van der Waals surface area contributed by atoms with Crippen molar-refractivity contribution >= 4 is 12.0 Å². The lowest BCUT2D eigenvalue weighted by molar-refractivity contribution is -0.435. The molecule has 0 aromatic carbocycles. The molecule has 0 aliphatic heterocycles. The highest BCUT2D eigenvalue weighted by Gasteiger charge is 2.80. The molecular weight excluding hydrogens is 292 g/mol. The maximum atomic E-state index is 12.6. The molecular formula is C5H4F8O3S. The van der Waals surface area contributed by atoms with Crippen molar-refractivity contribution in [2.24, 2.45) is 0 Å². The number of hydrogen-bond acceptors (Lipinski definition) is 4. The summed E-state index contributed by atoms with van der Waals surface area (Å²) in [6.45, 7) is -0.648. The SMILES string of the molecule is CC(F)(F)C(F)(F)C(F)(F)C(F)(F)SOOO. The van der Waals surface area contributed by atoms with Gasteiger partial charge in [0.15, 0.2) is 0 Å². The molecule has 0 amide bonds. The highest BCUT2D eigenvalue weighted by molar-refractivity contribution is 7.95. The van der Waals surface area contributed by atoms with E-state index in [4.69, 9.17) is 5.26 Å². The van der Waals surface area contributed by atoms with Gasteiger partial charge in [-0.2, -0.15) is 35.1 Å². The second-order valence-electron chi connectivity index (χ2n) is 2.78. The van der Waals surface area contributed by atoms with Crippen LogP contribution >= 0.6 is 12.0 Å². The predicted octanol–water partition coefficient (Wildman–Crippen LogP) is 3.57. The first-order valence-electron chi connectivity index (χ1n) is 3.48. The van der Waals surface area contributed by atoms with E-state index in [2.05, 4.69) is 9.37 Å². The second-order valence-corrected chi connectivity index (χ2v) is 3.60. The molecule has 0 aromatic rings. The van der Waals surface area contributed by atoms with Crippen molar-refractivity contribution in [1.82, 2.24) is 0 Å². The van der Waals surface area contributed by atoms with Gasteiger partial charge in [0.05, 0.1) is 0 Å². The smallest absolute Gasteiger partial charge is 0.220 e. The van der Waals surface area contributed by atoms with E-state index in [1.807, 2.05) is 0 Å². The number of alkyl halides is 8. The van der Waals surface area contributed by atoms with Crippen LogP contribution in [0.5, 0.6) is 0 Å². The van der Waals surface area contributed by atoms with Gasteiger partial charge in [0.25, 0.3) is 0 Å². The third-order valence-electron chi connectivity index (χ3n) is 1.48. The monoisotopic (exact) mass is 296 g/mol. The van der Waals surface area contributed by atoms with E-state index < -0.39 is 42.0 Å². The molecule has 3 nitrogen and oxygen atoms in total.